The summed E-state index contributed by atoms with van der Waals surface area (Å²) in [5.74, 6) is 0. The summed E-state index contributed by atoms with van der Waals surface area (Å²) in [4.78, 5) is 3.80. The molecule has 0 aliphatic carbocycles. The molecule has 0 aliphatic heterocycles. The van der Waals surface area contributed by atoms with Crippen molar-refractivity contribution in [3.05, 3.63) is 21.9 Å². The Morgan fingerprint density at radius 1 is 1.54 bits per heavy atom. The van der Waals surface area contributed by atoms with E-state index in [4.69, 9.17) is 5.73 Å². The monoisotopic (exact) mass is 314 g/mol. The zero-order chi connectivity index (χ0) is 10.0. The molecule has 1 heterocycles. The van der Waals surface area contributed by atoms with Crippen molar-refractivity contribution in [1.82, 2.24) is 4.98 Å². The van der Waals surface area contributed by atoms with E-state index in [0.29, 0.717) is 5.69 Å². The molecule has 0 unspecified atom stereocenters. The Kier molecular flexibility index (Phi) is 3.61. The van der Waals surface area contributed by atoms with Crippen LogP contribution in [-0.2, 0) is 5.33 Å². The summed E-state index contributed by atoms with van der Waals surface area (Å²) in [5.41, 5.74) is 5.81. The highest BCUT2D eigenvalue weighted by atomic mass is 79.9. The maximum absolute atomic E-state index is 12.5. The molecule has 0 spiro atoms. The van der Waals surface area contributed by atoms with Gasteiger partial charge in [-0.3, -0.25) is 4.98 Å². The van der Waals surface area contributed by atoms with Crippen LogP contribution in [0.5, 0.6) is 0 Å². The van der Waals surface area contributed by atoms with Crippen LogP contribution in [0.1, 0.15) is 17.7 Å². The van der Waals surface area contributed by atoms with Crippen LogP contribution >= 0.6 is 31.9 Å². The lowest BCUT2D eigenvalue weighted by Gasteiger charge is -2.09. The Morgan fingerprint density at radius 2 is 2.15 bits per heavy atom. The fourth-order valence-corrected chi connectivity index (χ4v) is 1.84. The van der Waals surface area contributed by atoms with Crippen LogP contribution in [0.25, 0.3) is 0 Å². The van der Waals surface area contributed by atoms with E-state index in [9.17, 15) is 8.78 Å². The van der Waals surface area contributed by atoms with Gasteiger partial charge in [0, 0.05) is 5.33 Å². The summed E-state index contributed by atoms with van der Waals surface area (Å²) in [6.07, 6.45) is -1.22. The number of nitrogens with two attached hydrogens (primary N) is 1. The number of nitrogens with zero attached hydrogens (tertiary/aromatic N) is 1. The van der Waals surface area contributed by atoms with Gasteiger partial charge in [-0.05, 0) is 15.9 Å². The number of aromatic nitrogens is 1. The molecule has 0 fully saturated rings. The minimum absolute atomic E-state index is 0.142. The molecule has 0 radical (unpaired) electrons. The Hall–Kier alpha value is -0.230. The van der Waals surface area contributed by atoms with Crippen LogP contribution in [0.3, 0.4) is 0 Å². The Balaban J connectivity index is 3.32. The van der Waals surface area contributed by atoms with E-state index in [1.54, 1.807) is 0 Å². The molecule has 0 amide bonds. The average molecular weight is 316 g/mol. The number of rotatable bonds is 2. The van der Waals surface area contributed by atoms with E-state index in [-0.39, 0.29) is 21.1 Å². The summed E-state index contributed by atoms with van der Waals surface area (Å²) in [6, 6.07) is 0. The third-order valence-corrected chi connectivity index (χ3v) is 2.92. The number of hydrogen-bond donors (Lipinski definition) is 1. The van der Waals surface area contributed by atoms with Gasteiger partial charge in [0.05, 0.1) is 27.6 Å². The van der Waals surface area contributed by atoms with Gasteiger partial charge in [-0.2, -0.15) is 0 Å². The molecule has 0 atom stereocenters. The number of nitrogen functional groups attached to an aromatic ring is 1. The lowest BCUT2D eigenvalue weighted by molar-refractivity contribution is 0.149. The van der Waals surface area contributed by atoms with E-state index >= 15 is 0 Å². The third kappa shape index (κ3) is 2.17. The second kappa shape index (κ2) is 4.32. The first-order valence-corrected chi connectivity index (χ1v) is 5.26. The van der Waals surface area contributed by atoms with Gasteiger partial charge in [-0.15, -0.1) is 0 Å². The summed E-state index contributed by atoms with van der Waals surface area (Å²) >= 11 is 6.08. The van der Waals surface area contributed by atoms with Gasteiger partial charge in [0.25, 0.3) is 6.43 Å². The minimum Gasteiger partial charge on any atom is -0.397 e. The Morgan fingerprint density at radius 3 is 2.62 bits per heavy atom. The predicted molar refractivity (Wildman–Crippen MR) is 53.9 cm³/mol. The smallest absolute Gasteiger partial charge is 0.266 e. The Labute approximate surface area is 90.8 Å². The van der Waals surface area contributed by atoms with E-state index in [1.807, 2.05) is 0 Å². The fraction of sp³-hybridized carbons (Fsp3) is 0.286. The van der Waals surface area contributed by atoms with Crippen molar-refractivity contribution in [2.24, 2.45) is 0 Å². The SMILES string of the molecule is Nc1cnc(CBr)c(C(F)F)c1Br. The molecule has 72 valence electrons. The number of anilines is 1. The zero-order valence-corrected chi connectivity index (χ0v) is 9.57. The number of alkyl halides is 3. The summed E-state index contributed by atoms with van der Waals surface area (Å²) in [7, 11) is 0. The van der Waals surface area contributed by atoms with E-state index < -0.39 is 6.43 Å². The third-order valence-electron chi connectivity index (χ3n) is 1.51. The summed E-state index contributed by atoms with van der Waals surface area (Å²) in [6.45, 7) is 0. The molecule has 0 saturated heterocycles. The van der Waals surface area contributed by atoms with E-state index in [2.05, 4.69) is 36.8 Å². The highest BCUT2D eigenvalue weighted by Crippen LogP contribution is 2.33. The highest BCUT2D eigenvalue weighted by molar-refractivity contribution is 9.10. The standard InChI is InChI=1S/C7H6Br2F2N2/c8-1-4-5(7(10)11)6(9)3(12)2-13-4/h2,7H,1,12H2. The van der Waals surface area contributed by atoms with Gasteiger partial charge < -0.3 is 5.73 Å². The van der Waals surface area contributed by atoms with Gasteiger partial charge in [-0.25, -0.2) is 8.78 Å². The second-order valence-corrected chi connectivity index (χ2v) is 3.68. The summed E-state index contributed by atoms with van der Waals surface area (Å²) in [5, 5.41) is 0.283. The average Bonchev–Trinajstić information content (AvgIpc) is 2.08. The van der Waals surface area contributed by atoms with Gasteiger partial charge in [0.15, 0.2) is 0 Å². The molecule has 0 aliphatic rings. The van der Waals surface area contributed by atoms with Crippen LogP contribution in [0.15, 0.2) is 10.7 Å². The maximum atomic E-state index is 12.5. The van der Waals surface area contributed by atoms with Crippen molar-refractivity contribution in [3.63, 3.8) is 0 Å². The zero-order valence-electron chi connectivity index (χ0n) is 6.40. The lowest BCUT2D eigenvalue weighted by Crippen LogP contribution is -2.01. The molecule has 6 heteroatoms. The topological polar surface area (TPSA) is 38.9 Å². The van der Waals surface area contributed by atoms with Crippen LogP contribution < -0.4 is 5.73 Å². The molecule has 1 aromatic rings. The van der Waals surface area contributed by atoms with Crippen molar-refractivity contribution < 1.29 is 8.78 Å². The molecule has 0 bridgehead atoms. The molecule has 1 rings (SSSR count). The molecule has 0 saturated carbocycles. The van der Waals surface area contributed by atoms with Gasteiger partial charge in [-0.1, -0.05) is 15.9 Å². The number of pyridine rings is 1. The summed E-state index contributed by atoms with van der Waals surface area (Å²) < 4.78 is 25.2. The normalized spacial score (nSPS) is 10.8. The van der Waals surface area contributed by atoms with Crippen molar-refractivity contribution in [1.29, 1.82) is 0 Å². The number of hydrogen-bond acceptors (Lipinski definition) is 2. The molecule has 0 aromatic carbocycles. The molecule has 13 heavy (non-hydrogen) atoms. The van der Waals surface area contributed by atoms with Crippen molar-refractivity contribution >= 4 is 37.5 Å². The van der Waals surface area contributed by atoms with Crippen molar-refractivity contribution in [2.75, 3.05) is 5.73 Å². The van der Waals surface area contributed by atoms with Crippen molar-refractivity contribution in [3.8, 4) is 0 Å². The fourth-order valence-electron chi connectivity index (χ4n) is 0.884. The largest absolute Gasteiger partial charge is 0.397 e. The minimum atomic E-state index is -2.57. The quantitative estimate of drug-likeness (QED) is 0.851. The van der Waals surface area contributed by atoms with E-state index in [0.717, 1.165) is 0 Å². The van der Waals surface area contributed by atoms with Crippen molar-refractivity contribution in [2.45, 2.75) is 11.8 Å². The first-order valence-electron chi connectivity index (χ1n) is 3.34. The second-order valence-electron chi connectivity index (χ2n) is 2.32. The maximum Gasteiger partial charge on any atom is 0.266 e. The molecule has 1 aromatic heterocycles. The molecule has 2 N–H and O–H groups in total. The van der Waals surface area contributed by atoms with Crippen LogP contribution in [0.2, 0.25) is 0 Å². The highest BCUT2D eigenvalue weighted by Gasteiger charge is 2.18. The first kappa shape index (κ1) is 10.8. The van der Waals surface area contributed by atoms with Gasteiger partial charge in [0.2, 0.25) is 0 Å². The van der Waals surface area contributed by atoms with Gasteiger partial charge in [0.1, 0.15) is 0 Å². The molecular formula is C7H6Br2F2N2. The van der Waals surface area contributed by atoms with Gasteiger partial charge >= 0.3 is 0 Å². The first-order chi connectivity index (χ1) is 6.07. The van der Waals surface area contributed by atoms with Crippen LogP contribution in [0.4, 0.5) is 14.5 Å². The molecular weight excluding hydrogens is 310 g/mol. The van der Waals surface area contributed by atoms with Crippen LogP contribution in [0, 0.1) is 0 Å². The Bertz CT molecular complexity index is 318. The lowest BCUT2D eigenvalue weighted by atomic mass is 10.2. The molecule has 2 nitrogen and oxygen atoms in total. The number of halogens is 4. The van der Waals surface area contributed by atoms with E-state index in [1.165, 1.54) is 6.20 Å². The van der Waals surface area contributed by atoms with Crippen LogP contribution in [-0.4, -0.2) is 4.98 Å². The predicted octanol–water partition coefficient (Wildman–Crippen LogP) is 3.26.